The molecule has 1 aliphatic heterocycles. The van der Waals surface area contributed by atoms with Crippen LogP contribution in [-0.4, -0.2) is 36.0 Å². The van der Waals surface area contributed by atoms with Crippen LogP contribution in [0.3, 0.4) is 0 Å². The van der Waals surface area contributed by atoms with Gasteiger partial charge in [0.1, 0.15) is 0 Å². The third-order valence-electron chi connectivity index (χ3n) is 5.85. The predicted octanol–water partition coefficient (Wildman–Crippen LogP) is 2.85. The van der Waals surface area contributed by atoms with E-state index < -0.39 is 0 Å². The number of piperidine rings is 1. The van der Waals surface area contributed by atoms with E-state index in [1.54, 1.807) is 0 Å². The van der Waals surface area contributed by atoms with E-state index in [0.29, 0.717) is 6.04 Å². The number of hydrogen-bond acceptors (Lipinski definition) is 3. The van der Waals surface area contributed by atoms with Gasteiger partial charge in [0.2, 0.25) is 5.91 Å². The molecule has 2 fully saturated rings. The fourth-order valence-corrected chi connectivity index (χ4v) is 4.14. The molecule has 132 valence electrons. The van der Waals surface area contributed by atoms with Gasteiger partial charge < -0.3 is 16.0 Å². The van der Waals surface area contributed by atoms with Gasteiger partial charge >= 0.3 is 0 Å². The number of amides is 1. The lowest BCUT2D eigenvalue weighted by Crippen LogP contribution is -2.49. The maximum atomic E-state index is 12.6. The molecule has 1 saturated carbocycles. The second-order valence-electron chi connectivity index (χ2n) is 7.48. The van der Waals surface area contributed by atoms with Crippen LogP contribution in [0.1, 0.15) is 57.1 Å². The molecule has 2 unspecified atom stereocenters. The summed E-state index contributed by atoms with van der Waals surface area (Å²) in [6, 6.07) is 10.8. The van der Waals surface area contributed by atoms with Crippen LogP contribution in [0, 0.1) is 5.92 Å². The Kier molecular flexibility index (Phi) is 5.90. The molecule has 2 aliphatic rings. The van der Waals surface area contributed by atoms with E-state index in [9.17, 15) is 4.79 Å². The largest absolute Gasteiger partial charge is 0.353 e. The van der Waals surface area contributed by atoms with Crippen LogP contribution in [0.4, 0.5) is 0 Å². The highest BCUT2D eigenvalue weighted by molar-refractivity contribution is 5.79. The molecule has 1 aliphatic carbocycles. The molecule has 1 saturated heterocycles. The zero-order valence-electron chi connectivity index (χ0n) is 14.8. The minimum atomic E-state index is -0.246. The molecule has 0 aromatic heterocycles. The average molecular weight is 329 g/mol. The van der Waals surface area contributed by atoms with Crippen molar-refractivity contribution in [2.24, 2.45) is 11.7 Å². The molecule has 0 radical (unpaired) electrons. The summed E-state index contributed by atoms with van der Waals surface area (Å²) in [6.07, 6.45) is 7.62. The van der Waals surface area contributed by atoms with E-state index in [2.05, 4.69) is 10.2 Å². The van der Waals surface area contributed by atoms with Crippen molar-refractivity contribution in [3.05, 3.63) is 35.9 Å². The lowest BCUT2D eigenvalue weighted by Gasteiger charge is -2.36. The number of nitrogens with two attached hydrogens (primary N) is 1. The molecular weight excluding hydrogens is 298 g/mol. The van der Waals surface area contributed by atoms with Crippen molar-refractivity contribution in [1.82, 2.24) is 10.2 Å². The number of rotatable bonds is 5. The average Bonchev–Trinajstić information content (AvgIpc) is 3.16. The second-order valence-corrected chi connectivity index (χ2v) is 7.48. The molecule has 0 spiro atoms. The Hall–Kier alpha value is -1.39. The van der Waals surface area contributed by atoms with Gasteiger partial charge in [-0.3, -0.25) is 4.79 Å². The molecule has 1 aromatic rings. The summed E-state index contributed by atoms with van der Waals surface area (Å²) in [5.41, 5.74) is 7.30. The van der Waals surface area contributed by atoms with Crippen LogP contribution in [0.5, 0.6) is 0 Å². The summed E-state index contributed by atoms with van der Waals surface area (Å²) < 4.78 is 0. The summed E-state index contributed by atoms with van der Waals surface area (Å²) in [5, 5.41) is 3.23. The standard InChI is InChI=1S/C20H31N3O/c1-15(19(21)16-7-3-2-4-8-16)20(24)22-17-11-13-23(14-12-17)18-9-5-6-10-18/h2-4,7-8,15,17-19H,5-6,9-14,21H2,1H3,(H,22,24). The number of benzene rings is 1. The monoisotopic (exact) mass is 329 g/mol. The predicted molar refractivity (Wildman–Crippen MR) is 97.5 cm³/mol. The Balaban J connectivity index is 1.46. The van der Waals surface area contributed by atoms with Crippen molar-refractivity contribution in [2.75, 3.05) is 13.1 Å². The quantitative estimate of drug-likeness (QED) is 0.873. The van der Waals surface area contributed by atoms with Crippen molar-refractivity contribution in [1.29, 1.82) is 0 Å². The summed E-state index contributed by atoms with van der Waals surface area (Å²) in [7, 11) is 0. The van der Waals surface area contributed by atoms with Gasteiger partial charge in [-0.15, -0.1) is 0 Å². The molecule has 4 nitrogen and oxygen atoms in total. The van der Waals surface area contributed by atoms with E-state index in [-0.39, 0.29) is 17.9 Å². The molecule has 0 bridgehead atoms. The minimum absolute atomic E-state index is 0.0886. The van der Waals surface area contributed by atoms with E-state index in [1.807, 2.05) is 37.3 Å². The normalized spacial score (nSPS) is 23.1. The highest BCUT2D eigenvalue weighted by Gasteiger charge is 2.29. The minimum Gasteiger partial charge on any atom is -0.353 e. The van der Waals surface area contributed by atoms with E-state index in [1.165, 1.54) is 25.7 Å². The zero-order chi connectivity index (χ0) is 16.9. The van der Waals surface area contributed by atoms with E-state index in [0.717, 1.165) is 37.5 Å². The number of nitrogens with zero attached hydrogens (tertiary/aromatic N) is 1. The molecule has 1 aromatic carbocycles. The Morgan fingerprint density at radius 2 is 1.75 bits per heavy atom. The lowest BCUT2D eigenvalue weighted by molar-refractivity contribution is -0.126. The molecule has 3 N–H and O–H groups in total. The summed E-state index contributed by atoms with van der Waals surface area (Å²) in [5.74, 6) is -0.120. The van der Waals surface area contributed by atoms with E-state index >= 15 is 0 Å². The number of nitrogens with one attached hydrogen (secondary N) is 1. The summed E-state index contributed by atoms with van der Waals surface area (Å²) >= 11 is 0. The molecule has 24 heavy (non-hydrogen) atoms. The van der Waals surface area contributed by atoms with Gasteiger partial charge in [0.25, 0.3) is 0 Å². The highest BCUT2D eigenvalue weighted by Crippen LogP contribution is 2.26. The highest BCUT2D eigenvalue weighted by atomic mass is 16.2. The van der Waals surface area contributed by atoms with Gasteiger partial charge in [0.15, 0.2) is 0 Å². The Labute approximate surface area is 145 Å². The number of carbonyl (C=O) groups is 1. The first-order valence-electron chi connectivity index (χ1n) is 9.50. The second kappa shape index (κ2) is 8.13. The number of carbonyl (C=O) groups excluding carboxylic acids is 1. The van der Waals surface area contributed by atoms with Crippen LogP contribution in [0.15, 0.2) is 30.3 Å². The number of hydrogen-bond donors (Lipinski definition) is 2. The summed E-state index contributed by atoms with van der Waals surface area (Å²) in [6.45, 7) is 4.17. The van der Waals surface area contributed by atoms with Gasteiger partial charge in [-0.25, -0.2) is 0 Å². The van der Waals surface area contributed by atoms with Crippen LogP contribution in [0.25, 0.3) is 0 Å². The maximum absolute atomic E-state index is 12.6. The Bertz CT molecular complexity index is 519. The van der Waals surface area contributed by atoms with Crippen molar-refractivity contribution in [3.8, 4) is 0 Å². The van der Waals surface area contributed by atoms with Crippen molar-refractivity contribution in [3.63, 3.8) is 0 Å². The van der Waals surface area contributed by atoms with Gasteiger partial charge in [-0.2, -0.15) is 0 Å². The third-order valence-corrected chi connectivity index (χ3v) is 5.85. The molecule has 2 atom stereocenters. The van der Waals surface area contributed by atoms with Crippen molar-refractivity contribution >= 4 is 5.91 Å². The molecule has 1 heterocycles. The Morgan fingerprint density at radius 3 is 2.38 bits per heavy atom. The Morgan fingerprint density at radius 1 is 1.12 bits per heavy atom. The smallest absolute Gasteiger partial charge is 0.224 e. The van der Waals surface area contributed by atoms with Crippen LogP contribution in [-0.2, 0) is 4.79 Å². The SMILES string of the molecule is CC(C(=O)NC1CCN(C2CCCC2)CC1)C(N)c1ccccc1. The fraction of sp³-hybridized carbons (Fsp3) is 0.650. The van der Waals surface area contributed by atoms with Gasteiger partial charge in [0, 0.05) is 31.2 Å². The summed E-state index contributed by atoms with van der Waals surface area (Å²) in [4.78, 5) is 15.2. The first-order chi connectivity index (χ1) is 11.6. The van der Waals surface area contributed by atoms with Crippen LogP contribution >= 0.6 is 0 Å². The first-order valence-corrected chi connectivity index (χ1v) is 9.50. The topological polar surface area (TPSA) is 58.4 Å². The van der Waals surface area contributed by atoms with Crippen molar-refractivity contribution in [2.45, 2.75) is 63.6 Å². The lowest BCUT2D eigenvalue weighted by atomic mass is 9.93. The zero-order valence-corrected chi connectivity index (χ0v) is 14.8. The molecule has 4 heteroatoms. The van der Waals surface area contributed by atoms with Crippen LogP contribution < -0.4 is 11.1 Å². The van der Waals surface area contributed by atoms with Gasteiger partial charge in [-0.05, 0) is 31.2 Å². The molecule has 1 amide bonds. The van der Waals surface area contributed by atoms with Gasteiger partial charge in [0.05, 0.1) is 5.92 Å². The maximum Gasteiger partial charge on any atom is 0.224 e. The van der Waals surface area contributed by atoms with Crippen molar-refractivity contribution < 1.29 is 4.79 Å². The molecule has 3 rings (SSSR count). The number of likely N-dealkylation sites (tertiary alicyclic amines) is 1. The fourth-order valence-electron chi connectivity index (χ4n) is 4.14. The first kappa shape index (κ1) is 17.4. The van der Waals surface area contributed by atoms with Gasteiger partial charge in [-0.1, -0.05) is 50.1 Å². The van der Waals surface area contributed by atoms with Crippen LogP contribution in [0.2, 0.25) is 0 Å². The third kappa shape index (κ3) is 4.17. The molecular formula is C20H31N3O. The van der Waals surface area contributed by atoms with E-state index in [4.69, 9.17) is 5.73 Å².